The Morgan fingerprint density at radius 2 is 0.913 bits per heavy atom. The summed E-state index contributed by atoms with van der Waals surface area (Å²) in [5.74, 6) is 0. The van der Waals surface area contributed by atoms with Crippen molar-refractivity contribution in [3.8, 4) is 0 Å². The van der Waals surface area contributed by atoms with Crippen LogP contribution in [0.15, 0.2) is 84.9 Å². The fourth-order valence-corrected chi connectivity index (χ4v) is 4.45. The molecule has 2 aliphatic heterocycles. The molecule has 1 saturated heterocycles. The highest BCUT2D eigenvalue weighted by molar-refractivity contribution is 5.55. The summed E-state index contributed by atoms with van der Waals surface area (Å²) in [6, 6.07) is 30.1. The SMILES string of the molecule is c1ccc([C@]23CC[C@](c4ccccc4)(O2)c2ccccc23)cc1. The molecule has 0 spiro atoms. The molecule has 1 fully saturated rings. The molecule has 0 radical (unpaired) electrons. The number of rotatable bonds is 2. The minimum atomic E-state index is -0.298. The van der Waals surface area contributed by atoms with Gasteiger partial charge in [0, 0.05) is 0 Å². The zero-order chi connectivity index (χ0) is 15.3. The van der Waals surface area contributed by atoms with Gasteiger partial charge in [0.25, 0.3) is 0 Å². The summed E-state index contributed by atoms with van der Waals surface area (Å²) in [4.78, 5) is 0. The van der Waals surface area contributed by atoms with E-state index in [1.54, 1.807) is 0 Å². The predicted molar refractivity (Wildman–Crippen MR) is 91.2 cm³/mol. The Balaban J connectivity index is 1.78. The van der Waals surface area contributed by atoms with E-state index < -0.39 is 0 Å². The highest BCUT2D eigenvalue weighted by Gasteiger charge is 2.60. The van der Waals surface area contributed by atoms with Crippen molar-refractivity contribution in [1.82, 2.24) is 0 Å². The Kier molecular flexibility index (Phi) is 2.60. The fourth-order valence-electron chi connectivity index (χ4n) is 4.45. The quantitative estimate of drug-likeness (QED) is 0.647. The summed E-state index contributed by atoms with van der Waals surface area (Å²) in [6.45, 7) is 0. The Morgan fingerprint density at radius 1 is 0.522 bits per heavy atom. The zero-order valence-corrected chi connectivity index (χ0v) is 12.9. The van der Waals surface area contributed by atoms with Crippen molar-refractivity contribution in [2.75, 3.05) is 0 Å². The van der Waals surface area contributed by atoms with Gasteiger partial charge in [-0.15, -0.1) is 0 Å². The van der Waals surface area contributed by atoms with Gasteiger partial charge in [-0.3, -0.25) is 0 Å². The van der Waals surface area contributed by atoms with Gasteiger partial charge in [0.05, 0.1) is 0 Å². The Bertz CT molecular complexity index is 783. The Labute approximate surface area is 136 Å². The molecular formula is C22H18O. The second kappa shape index (κ2) is 4.56. The Hall–Kier alpha value is -2.38. The van der Waals surface area contributed by atoms with Gasteiger partial charge in [-0.25, -0.2) is 0 Å². The van der Waals surface area contributed by atoms with Gasteiger partial charge in [-0.1, -0.05) is 84.9 Å². The molecule has 112 valence electrons. The molecule has 23 heavy (non-hydrogen) atoms. The molecule has 2 atom stereocenters. The number of benzene rings is 3. The molecule has 0 aliphatic carbocycles. The summed E-state index contributed by atoms with van der Waals surface area (Å²) in [5, 5.41) is 0. The van der Waals surface area contributed by atoms with E-state index in [0.717, 1.165) is 12.8 Å². The van der Waals surface area contributed by atoms with Crippen LogP contribution in [0.5, 0.6) is 0 Å². The van der Waals surface area contributed by atoms with Crippen molar-refractivity contribution in [2.24, 2.45) is 0 Å². The van der Waals surface area contributed by atoms with Crippen LogP contribution in [0.4, 0.5) is 0 Å². The maximum absolute atomic E-state index is 6.89. The van der Waals surface area contributed by atoms with E-state index in [2.05, 4.69) is 84.9 Å². The molecular weight excluding hydrogens is 280 g/mol. The third kappa shape index (κ3) is 1.60. The van der Waals surface area contributed by atoms with Crippen LogP contribution in [-0.4, -0.2) is 0 Å². The largest absolute Gasteiger partial charge is 0.350 e. The highest BCUT2D eigenvalue weighted by Crippen LogP contribution is 2.63. The molecule has 0 N–H and O–H groups in total. The van der Waals surface area contributed by atoms with E-state index in [-0.39, 0.29) is 11.2 Å². The molecule has 3 aromatic rings. The monoisotopic (exact) mass is 298 g/mol. The Morgan fingerprint density at radius 3 is 1.35 bits per heavy atom. The standard InChI is InChI=1S/C22H18O/c1-3-9-17(10-4-1)21-15-16-22(23-21,18-11-5-2-6-12-18)20-14-8-7-13-19(20)21/h1-14H,15-16H2/t21-,22+. The average molecular weight is 298 g/mol. The molecule has 1 nitrogen and oxygen atoms in total. The lowest BCUT2D eigenvalue weighted by molar-refractivity contribution is -0.0404. The van der Waals surface area contributed by atoms with E-state index in [1.165, 1.54) is 22.3 Å². The molecule has 3 aromatic carbocycles. The maximum Gasteiger partial charge on any atom is 0.120 e. The van der Waals surface area contributed by atoms with Gasteiger partial charge in [-0.05, 0) is 35.1 Å². The lowest BCUT2D eigenvalue weighted by Gasteiger charge is -2.27. The summed E-state index contributed by atoms with van der Waals surface area (Å²) >= 11 is 0. The van der Waals surface area contributed by atoms with Crippen LogP contribution >= 0.6 is 0 Å². The normalized spacial score (nSPS) is 27.8. The van der Waals surface area contributed by atoms with Crippen molar-refractivity contribution in [3.05, 3.63) is 107 Å². The third-order valence-electron chi connectivity index (χ3n) is 5.46. The van der Waals surface area contributed by atoms with E-state index in [0.29, 0.717) is 0 Å². The summed E-state index contributed by atoms with van der Waals surface area (Å²) in [6.07, 6.45) is 2.06. The summed E-state index contributed by atoms with van der Waals surface area (Å²) in [5.41, 5.74) is 4.61. The average Bonchev–Trinajstić information content (AvgIpc) is 3.19. The first-order valence-electron chi connectivity index (χ1n) is 8.26. The van der Waals surface area contributed by atoms with Crippen LogP contribution in [-0.2, 0) is 15.9 Å². The van der Waals surface area contributed by atoms with Gasteiger partial charge in [-0.2, -0.15) is 0 Å². The zero-order valence-electron chi connectivity index (χ0n) is 12.9. The molecule has 0 amide bonds. The molecule has 0 unspecified atom stereocenters. The summed E-state index contributed by atoms with van der Waals surface area (Å²) in [7, 11) is 0. The van der Waals surface area contributed by atoms with E-state index >= 15 is 0 Å². The first kappa shape index (κ1) is 13.1. The van der Waals surface area contributed by atoms with Crippen molar-refractivity contribution in [2.45, 2.75) is 24.0 Å². The highest BCUT2D eigenvalue weighted by atomic mass is 16.5. The minimum Gasteiger partial charge on any atom is -0.350 e. The molecule has 2 heterocycles. The lowest BCUT2D eigenvalue weighted by Crippen LogP contribution is -2.24. The first-order valence-corrected chi connectivity index (χ1v) is 8.26. The predicted octanol–water partition coefficient (Wildman–Crippen LogP) is 5.00. The number of ether oxygens (including phenoxy) is 1. The number of hydrogen-bond donors (Lipinski definition) is 0. The molecule has 5 rings (SSSR count). The maximum atomic E-state index is 6.89. The van der Waals surface area contributed by atoms with E-state index in [9.17, 15) is 0 Å². The van der Waals surface area contributed by atoms with Gasteiger partial charge >= 0.3 is 0 Å². The second-order valence-corrected chi connectivity index (χ2v) is 6.53. The molecule has 1 heteroatoms. The third-order valence-corrected chi connectivity index (χ3v) is 5.46. The van der Waals surface area contributed by atoms with Gasteiger partial charge in [0.1, 0.15) is 11.2 Å². The smallest absolute Gasteiger partial charge is 0.120 e. The van der Waals surface area contributed by atoms with Gasteiger partial charge in [0.15, 0.2) is 0 Å². The van der Waals surface area contributed by atoms with E-state index in [4.69, 9.17) is 4.74 Å². The van der Waals surface area contributed by atoms with Gasteiger partial charge < -0.3 is 4.74 Å². The van der Waals surface area contributed by atoms with Crippen LogP contribution in [0, 0.1) is 0 Å². The lowest BCUT2D eigenvalue weighted by atomic mass is 9.72. The molecule has 0 aromatic heterocycles. The van der Waals surface area contributed by atoms with Crippen LogP contribution in [0.2, 0.25) is 0 Å². The molecule has 0 saturated carbocycles. The van der Waals surface area contributed by atoms with Crippen LogP contribution in [0.25, 0.3) is 0 Å². The van der Waals surface area contributed by atoms with Crippen molar-refractivity contribution >= 4 is 0 Å². The van der Waals surface area contributed by atoms with Crippen molar-refractivity contribution < 1.29 is 4.74 Å². The van der Waals surface area contributed by atoms with Gasteiger partial charge in [0.2, 0.25) is 0 Å². The van der Waals surface area contributed by atoms with Crippen molar-refractivity contribution in [1.29, 1.82) is 0 Å². The second-order valence-electron chi connectivity index (χ2n) is 6.53. The topological polar surface area (TPSA) is 9.23 Å². The summed E-state index contributed by atoms with van der Waals surface area (Å²) < 4.78 is 6.89. The number of hydrogen-bond acceptors (Lipinski definition) is 1. The minimum absolute atomic E-state index is 0.298. The first-order chi connectivity index (χ1) is 11.4. The van der Waals surface area contributed by atoms with Crippen LogP contribution < -0.4 is 0 Å². The van der Waals surface area contributed by atoms with Crippen LogP contribution in [0.1, 0.15) is 35.1 Å². The fraction of sp³-hybridized carbons (Fsp3) is 0.182. The van der Waals surface area contributed by atoms with Crippen molar-refractivity contribution in [3.63, 3.8) is 0 Å². The van der Waals surface area contributed by atoms with E-state index in [1.807, 2.05) is 0 Å². The number of fused-ring (bicyclic) bond motifs is 5. The van der Waals surface area contributed by atoms with Crippen LogP contribution in [0.3, 0.4) is 0 Å². The molecule has 2 bridgehead atoms. The molecule has 2 aliphatic rings.